The van der Waals surface area contributed by atoms with Gasteiger partial charge in [-0.05, 0) is 30.7 Å². The lowest BCUT2D eigenvalue weighted by Gasteiger charge is -2.38. The first kappa shape index (κ1) is 21.3. The van der Waals surface area contributed by atoms with E-state index >= 15 is 0 Å². The van der Waals surface area contributed by atoms with Crippen molar-refractivity contribution >= 4 is 34.4 Å². The Kier molecular flexibility index (Phi) is 5.98. The summed E-state index contributed by atoms with van der Waals surface area (Å²) in [5, 5.41) is 1.18. The molecule has 1 atom stereocenters. The molecule has 0 bridgehead atoms. The summed E-state index contributed by atoms with van der Waals surface area (Å²) in [6, 6.07) is 11.1. The molecule has 0 spiro atoms. The Labute approximate surface area is 184 Å². The van der Waals surface area contributed by atoms with Gasteiger partial charge in [-0.1, -0.05) is 35.9 Å². The number of piperazine rings is 1. The van der Waals surface area contributed by atoms with Crippen LogP contribution in [-0.2, 0) is 9.53 Å². The second-order valence-corrected chi connectivity index (χ2v) is 7.91. The first-order chi connectivity index (χ1) is 14.9. The van der Waals surface area contributed by atoms with Gasteiger partial charge in [-0.3, -0.25) is 9.69 Å². The highest BCUT2D eigenvalue weighted by atomic mass is 35.5. The molecule has 2 aromatic carbocycles. The van der Waals surface area contributed by atoms with Crippen LogP contribution in [0.5, 0.6) is 0 Å². The third kappa shape index (κ3) is 4.03. The molecule has 1 aliphatic rings. The van der Waals surface area contributed by atoms with E-state index in [0.29, 0.717) is 42.2 Å². The normalized spacial score (nSPS) is 15.8. The van der Waals surface area contributed by atoms with Crippen molar-refractivity contribution in [2.75, 3.05) is 33.3 Å². The number of nitrogens with zero attached hydrogens (tertiary/aromatic N) is 2. The number of furan rings is 1. The van der Waals surface area contributed by atoms with E-state index in [0.717, 1.165) is 5.56 Å². The number of hydrogen-bond donors (Lipinski definition) is 0. The Bertz CT molecular complexity index is 1120. The number of fused-ring (bicyclic) bond motifs is 1. The Morgan fingerprint density at radius 2 is 1.77 bits per heavy atom. The quantitative estimate of drug-likeness (QED) is 0.564. The Balaban J connectivity index is 1.51. The molecule has 1 saturated heterocycles. The Morgan fingerprint density at radius 3 is 2.39 bits per heavy atom. The first-order valence-corrected chi connectivity index (χ1v) is 10.3. The van der Waals surface area contributed by atoms with Crippen molar-refractivity contribution in [2.24, 2.45) is 0 Å². The van der Waals surface area contributed by atoms with Crippen molar-refractivity contribution in [3.8, 4) is 0 Å². The van der Waals surface area contributed by atoms with Gasteiger partial charge in [-0.2, -0.15) is 0 Å². The number of esters is 1. The zero-order valence-corrected chi connectivity index (χ0v) is 18.0. The predicted octanol–water partition coefficient (Wildman–Crippen LogP) is 4.21. The van der Waals surface area contributed by atoms with Crippen molar-refractivity contribution in [2.45, 2.75) is 13.0 Å². The molecule has 0 N–H and O–H groups in total. The molecular formula is C23H22ClFN2O4. The van der Waals surface area contributed by atoms with E-state index in [4.69, 9.17) is 20.8 Å². The summed E-state index contributed by atoms with van der Waals surface area (Å²) in [6.45, 7) is 3.50. The second kappa shape index (κ2) is 8.69. The summed E-state index contributed by atoms with van der Waals surface area (Å²) in [5.41, 5.74) is 1.49. The maximum atomic E-state index is 14.0. The molecule has 1 amide bonds. The zero-order valence-electron chi connectivity index (χ0n) is 17.2. The minimum Gasteiger partial charge on any atom is -0.468 e. The Hall–Kier alpha value is -2.90. The largest absolute Gasteiger partial charge is 0.468 e. The molecule has 2 heterocycles. The minimum absolute atomic E-state index is 0.0930. The van der Waals surface area contributed by atoms with Gasteiger partial charge < -0.3 is 14.1 Å². The molecular weight excluding hydrogens is 423 g/mol. The van der Waals surface area contributed by atoms with E-state index in [-0.39, 0.29) is 23.2 Å². The smallest absolute Gasteiger partial charge is 0.327 e. The maximum Gasteiger partial charge on any atom is 0.327 e. The monoisotopic (exact) mass is 444 g/mol. The van der Waals surface area contributed by atoms with E-state index < -0.39 is 11.9 Å². The van der Waals surface area contributed by atoms with Crippen molar-refractivity contribution in [3.05, 3.63) is 70.2 Å². The van der Waals surface area contributed by atoms with Crippen LogP contribution >= 0.6 is 11.6 Å². The number of ether oxygens (including phenoxy) is 1. The third-order valence-electron chi connectivity index (χ3n) is 5.69. The van der Waals surface area contributed by atoms with Crippen LogP contribution in [-0.4, -0.2) is 55.0 Å². The topological polar surface area (TPSA) is 63.0 Å². The van der Waals surface area contributed by atoms with Gasteiger partial charge in [0.05, 0.1) is 7.11 Å². The molecule has 0 saturated carbocycles. The van der Waals surface area contributed by atoms with Gasteiger partial charge in [0.2, 0.25) is 0 Å². The fraction of sp³-hybridized carbons (Fsp3) is 0.304. The number of benzene rings is 2. The van der Waals surface area contributed by atoms with Crippen LogP contribution in [0.1, 0.15) is 27.7 Å². The van der Waals surface area contributed by atoms with Gasteiger partial charge >= 0.3 is 5.97 Å². The van der Waals surface area contributed by atoms with E-state index in [9.17, 15) is 14.0 Å². The van der Waals surface area contributed by atoms with E-state index in [1.807, 2.05) is 4.90 Å². The van der Waals surface area contributed by atoms with Crippen LogP contribution < -0.4 is 0 Å². The highest BCUT2D eigenvalue weighted by Gasteiger charge is 2.34. The molecule has 0 radical (unpaired) electrons. The van der Waals surface area contributed by atoms with Gasteiger partial charge in [0, 0.05) is 42.2 Å². The van der Waals surface area contributed by atoms with Crippen molar-refractivity contribution in [1.82, 2.24) is 9.80 Å². The summed E-state index contributed by atoms with van der Waals surface area (Å²) in [5.74, 6) is -0.997. The first-order valence-electron chi connectivity index (χ1n) is 9.95. The lowest BCUT2D eigenvalue weighted by molar-refractivity contribution is -0.148. The highest BCUT2D eigenvalue weighted by molar-refractivity contribution is 6.30. The van der Waals surface area contributed by atoms with Crippen molar-refractivity contribution in [1.29, 1.82) is 0 Å². The summed E-state index contributed by atoms with van der Waals surface area (Å²) >= 11 is 5.97. The number of rotatable bonds is 4. The van der Waals surface area contributed by atoms with E-state index in [1.165, 1.54) is 13.2 Å². The van der Waals surface area contributed by atoms with Crippen LogP contribution in [0.3, 0.4) is 0 Å². The number of halogens is 2. The van der Waals surface area contributed by atoms with Gasteiger partial charge in [-0.15, -0.1) is 0 Å². The van der Waals surface area contributed by atoms with Gasteiger partial charge in [0.25, 0.3) is 5.91 Å². The fourth-order valence-corrected chi connectivity index (χ4v) is 4.12. The number of methoxy groups -OCH3 is 1. The number of carbonyl (C=O) groups is 2. The number of hydrogen-bond acceptors (Lipinski definition) is 5. The number of para-hydroxylation sites is 1. The standard InChI is InChI=1S/C23H22ClFN2O4/c1-14-17-4-3-5-18(25)21(17)31-20(14)22(28)27-12-10-26(11-13-27)19(23(29)30-2)15-6-8-16(24)9-7-15/h3-9,19H,10-13H2,1-2H3. The molecule has 0 aliphatic carbocycles. The Morgan fingerprint density at radius 1 is 1.10 bits per heavy atom. The molecule has 3 aromatic rings. The number of carbonyl (C=O) groups excluding carboxylic acids is 2. The maximum absolute atomic E-state index is 14.0. The summed E-state index contributed by atoms with van der Waals surface area (Å²) < 4.78 is 24.6. The molecule has 31 heavy (non-hydrogen) atoms. The second-order valence-electron chi connectivity index (χ2n) is 7.48. The predicted molar refractivity (Wildman–Crippen MR) is 115 cm³/mol. The lowest BCUT2D eigenvalue weighted by Crippen LogP contribution is -2.51. The molecule has 1 aliphatic heterocycles. The zero-order chi connectivity index (χ0) is 22.1. The highest BCUT2D eigenvalue weighted by Crippen LogP contribution is 2.29. The molecule has 8 heteroatoms. The molecule has 4 rings (SSSR count). The lowest BCUT2D eigenvalue weighted by atomic mass is 10.0. The molecule has 162 valence electrons. The van der Waals surface area contributed by atoms with E-state index in [2.05, 4.69) is 0 Å². The minimum atomic E-state index is -0.582. The summed E-state index contributed by atoms with van der Waals surface area (Å²) in [7, 11) is 1.36. The average molecular weight is 445 g/mol. The molecule has 1 unspecified atom stereocenters. The van der Waals surface area contributed by atoms with Gasteiger partial charge in [-0.25, -0.2) is 9.18 Å². The summed E-state index contributed by atoms with van der Waals surface area (Å²) in [6.07, 6.45) is 0. The van der Waals surface area contributed by atoms with E-state index in [1.54, 1.807) is 48.2 Å². The van der Waals surface area contributed by atoms with Crippen LogP contribution in [0.25, 0.3) is 11.0 Å². The summed E-state index contributed by atoms with van der Waals surface area (Å²) in [4.78, 5) is 29.2. The van der Waals surface area contributed by atoms with Crippen molar-refractivity contribution in [3.63, 3.8) is 0 Å². The number of amides is 1. The molecule has 6 nitrogen and oxygen atoms in total. The van der Waals surface area contributed by atoms with Crippen LogP contribution in [0.2, 0.25) is 5.02 Å². The number of aryl methyl sites for hydroxylation is 1. The average Bonchev–Trinajstić information content (AvgIpc) is 3.13. The van der Waals surface area contributed by atoms with Crippen LogP contribution in [0.4, 0.5) is 4.39 Å². The van der Waals surface area contributed by atoms with Gasteiger partial charge in [0.1, 0.15) is 6.04 Å². The van der Waals surface area contributed by atoms with Crippen LogP contribution in [0, 0.1) is 12.7 Å². The molecule has 1 fully saturated rings. The molecule has 1 aromatic heterocycles. The fourth-order valence-electron chi connectivity index (χ4n) is 3.99. The van der Waals surface area contributed by atoms with Gasteiger partial charge in [0.15, 0.2) is 17.2 Å². The van der Waals surface area contributed by atoms with Crippen LogP contribution in [0.15, 0.2) is 46.9 Å². The van der Waals surface area contributed by atoms with Crippen molar-refractivity contribution < 1.29 is 23.1 Å². The third-order valence-corrected chi connectivity index (χ3v) is 5.94. The SMILES string of the molecule is COC(=O)C(c1ccc(Cl)cc1)N1CCN(C(=O)c2oc3c(F)cccc3c2C)CC1.